The smallest absolute Gasteiger partial charge is 0.0856 e. The minimum Gasteiger partial charge on any atom is -0.397 e. The van der Waals surface area contributed by atoms with Crippen molar-refractivity contribution in [3.63, 3.8) is 0 Å². The van der Waals surface area contributed by atoms with Gasteiger partial charge in [-0.15, -0.1) is 11.6 Å². The highest BCUT2D eigenvalue weighted by molar-refractivity contribution is 6.19. The van der Waals surface area contributed by atoms with Gasteiger partial charge in [0.25, 0.3) is 0 Å². The molecule has 0 spiro atoms. The van der Waals surface area contributed by atoms with Crippen molar-refractivity contribution >= 4 is 23.4 Å². The van der Waals surface area contributed by atoms with Gasteiger partial charge in [0.15, 0.2) is 0 Å². The topological polar surface area (TPSA) is 38.9 Å². The molecule has 0 aliphatic carbocycles. The number of alkyl halides is 1. The van der Waals surface area contributed by atoms with E-state index < -0.39 is 0 Å². The molecule has 0 saturated heterocycles. The normalized spacial score (nSPS) is 10.8. The summed E-state index contributed by atoms with van der Waals surface area (Å²) in [6.07, 6.45) is 5.42. The van der Waals surface area contributed by atoms with E-state index in [2.05, 4.69) is 4.98 Å². The van der Waals surface area contributed by atoms with E-state index in [-0.39, 0.29) is 0 Å². The quantitative estimate of drug-likeness (QED) is 0.713. The van der Waals surface area contributed by atoms with Gasteiger partial charge in [-0.2, -0.15) is 0 Å². The molecule has 1 heterocycles. The number of halogens is 1. The summed E-state index contributed by atoms with van der Waals surface area (Å²) in [6, 6.07) is 1.89. The molecule has 0 radical (unpaired) electrons. The van der Waals surface area contributed by atoms with Crippen LogP contribution in [0.2, 0.25) is 0 Å². The van der Waals surface area contributed by atoms with Crippen LogP contribution in [0.1, 0.15) is 11.3 Å². The Kier molecular flexibility index (Phi) is 3.11. The number of aryl methyl sites for hydroxylation is 1. The molecule has 0 aliphatic heterocycles. The zero-order valence-electron chi connectivity index (χ0n) is 6.92. The molecule has 3 heteroatoms. The number of rotatable bonds is 2. The van der Waals surface area contributed by atoms with Crippen LogP contribution in [0, 0.1) is 6.92 Å². The molecule has 0 aromatic carbocycles. The Morgan fingerprint density at radius 3 is 3.00 bits per heavy atom. The maximum Gasteiger partial charge on any atom is 0.0856 e. The molecular weight excluding hydrogens is 172 g/mol. The van der Waals surface area contributed by atoms with Gasteiger partial charge >= 0.3 is 0 Å². The number of aromatic nitrogens is 1. The van der Waals surface area contributed by atoms with Gasteiger partial charge in [0.05, 0.1) is 11.4 Å². The van der Waals surface area contributed by atoms with E-state index in [9.17, 15) is 0 Å². The second kappa shape index (κ2) is 4.12. The van der Waals surface area contributed by atoms with Gasteiger partial charge in [0, 0.05) is 12.1 Å². The fourth-order valence-corrected chi connectivity index (χ4v) is 0.987. The highest BCUT2D eigenvalue weighted by Gasteiger charge is 1.95. The van der Waals surface area contributed by atoms with Crippen molar-refractivity contribution < 1.29 is 0 Å². The average Bonchev–Trinajstić information content (AvgIpc) is 2.03. The van der Waals surface area contributed by atoms with Crippen LogP contribution in [-0.4, -0.2) is 10.9 Å². The van der Waals surface area contributed by atoms with Gasteiger partial charge in [-0.05, 0) is 24.6 Å². The van der Waals surface area contributed by atoms with E-state index in [0.717, 1.165) is 11.3 Å². The minimum absolute atomic E-state index is 0.481. The van der Waals surface area contributed by atoms with E-state index in [4.69, 9.17) is 17.3 Å². The van der Waals surface area contributed by atoms with E-state index in [0.29, 0.717) is 11.6 Å². The molecule has 0 unspecified atom stereocenters. The number of hydrogen-bond donors (Lipinski definition) is 1. The fraction of sp³-hybridized carbons (Fsp3) is 0.222. The molecule has 0 atom stereocenters. The van der Waals surface area contributed by atoms with Crippen LogP contribution in [0.3, 0.4) is 0 Å². The van der Waals surface area contributed by atoms with E-state index in [1.165, 1.54) is 0 Å². The third-order valence-corrected chi connectivity index (χ3v) is 1.63. The Bertz CT molecular complexity index is 295. The van der Waals surface area contributed by atoms with Crippen LogP contribution in [0.15, 0.2) is 18.3 Å². The summed E-state index contributed by atoms with van der Waals surface area (Å²) in [5.74, 6) is 0.481. The number of anilines is 1. The van der Waals surface area contributed by atoms with Gasteiger partial charge in [0.2, 0.25) is 0 Å². The second-order valence-corrected chi connectivity index (χ2v) is 2.85. The largest absolute Gasteiger partial charge is 0.397 e. The highest BCUT2D eigenvalue weighted by Crippen LogP contribution is 2.11. The monoisotopic (exact) mass is 182 g/mol. The summed E-state index contributed by atoms with van der Waals surface area (Å²) < 4.78 is 0. The molecule has 0 amide bonds. The molecule has 1 aromatic heterocycles. The summed E-state index contributed by atoms with van der Waals surface area (Å²) in [6.45, 7) is 1.96. The Balaban J connectivity index is 2.94. The molecule has 2 N–H and O–H groups in total. The van der Waals surface area contributed by atoms with Crippen LogP contribution in [0.4, 0.5) is 5.69 Å². The van der Waals surface area contributed by atoms with Crippen LogP contribution >= 0.6 is 11.6 Å². The first-order valence-electron chi connectivity index (χ1n) is 3.68. The van der Waals surface area contributed by atoms with E-state index in [1.54, 1.807) is 6.20 Å². The van der Waals surface area contributed by atoms with Gasteiger partial charge in [-0.1, -0.05) is 6.08 Å². The summed E-state index contributed by atoms with van der Waals surface area (Å²) >= 11 is 5.48. The van der Waals surface area contributed by atoms with Crippen molar-refractivity contribution in [2.45, 2.75) is 6.92 Å². The summed E-state index contributed by atoms with van der Waals surface area (Å²) in [5, 5.41) is 0. The van der Waals surface area contributed by atoms with Crippen molar-refractivity contribution in [3.8, 4) is 0 Å². The van der Waals surface area contributed by atoms with Gasteiger partial charge in [-0.3, -0.25) is 4.98 Å². The lowest BCUT2D eigenvalue weighted by Crippen LogP contribution is -1.93. The zero-order chi connectivity index (χ0) is 8.97. The second-order valence-electron chi connectivity index (χ2n) is 2.54. The molecule has 0 aliphatic rings. The lowest BCUT2D eigenvalue weighted by molar-refractivity contribution is 1.25. The van der Waals surface area contributed by atoms with E-state index >= 15 is 0 Å². The molecule has 1 rings (SSSR count). The van der Waals surface area contributed by atoms with Crippen LogP contribution in [-0.2, 0) is 0 Å². The average molecular weight is 183 g/mol. The third-order valence-electron chi connectivity index (χ3n) is 1.45. The molecule has 0 fully saturated rings. The first-order valence-corrected chi connectivity index (χ1v) is 4.22. The fourth-order valence-electron chi connectivity index (χ4n) is 0.898. The first kappa shape index (κ1) is 9.07. The van der Waals surface area contributed by atoms with Crippen molar-refractivity contribution in [1.82, 2.24) is 4.98 Å². The number of nitrogens with two attached hydrogens (primary N) is 1. The molecule has 0 saturated carbocycles. The molecule has 12 heavy (non-hydrogen) atoms. The summed E-state index contributed by atoms with van der Waals surface area (Å²) in [5.41, 5.74) is 8.24. The highest BCUT2D eigenvalue weighted by atomic mass is 35.5. The van der Waals surface area contributed by atoms with Crippen LogP contribution in [0.25, 0.3) is 6.08 Å². The predicted octanol–water partition coefficient (Wildman–Crippen LogP) is 2.22. The molecule has 1 aromatic rings. The van der Waals surface area contributed by atoms with Crippen molar-refractivity contribution in [2.75, 3.05) is 11.6 Å². The Morgan fingerprint density at radius 2 is 2.42 bits per heavy atom. The summed E-state index contributed by atoms with van der Waals surface area (Å²) in [7, 11) is 0. The predicted molar refractivity (Wildman–Crippen MR) is 53.1 cm³/mol. The van der Waals surface area contributed by atoms with Crippen molar-refractivity contribution in [3.05, 3.63) is 29.6 Å². The number of pyridine rings is 1. The lowest BCUT2D eigenvalue weighted by Gasteiger charge is -1.99. The third kappa shape index (κ3) is 2.24. The van der Waals surface area contributed by atoms with Crippen molar-refractivity contribution in [2.24, 2.45) is 0 Å². The maximum atomic E-state index is 5.71. The Morgan fingerprint density at radius 1 is 1.67 bits per heavy atom. The van der Waals surface area contributed by atoms with E-state index in [1.807, 2.05) is 25.1 Å². The Hall–Kier alpha value is -1.02. The number of nitrogen functional groups attached to an aromatic ring is 1. The van der Waals surface area contributed by atoms with Gasteiger partial charge in [-0.25, -0.2) is 0 Å². The molecule has 64 valence electrons. The SMILES string of the molecule is Cc1cnc(C=CCCl)c(N)c1. The lowest BCUT2D eigenvalue weighted by atomic mass is 10.2. The first-order chi connectivity index (χ1) is 5.74. The molecule has 2 nitrogen and oxygen atoms in total. The van der Waals surface area contributed by atoms with Crippen LogP contribution < -0.4 is 5.73 Å². The Labute approximate surface area is 77.1 Å². The molecular formula is C9H11ClN2. The minimum atomic E-state index is 0.481. The number of hydrogen-bond acceptors (Lipinski definition) is 2. The maximum absolute atomic E-state index is 5.71. The number of allylic oxidation sites excluding steroid dienone is 1. The van der Waals surface area contributed by atoms with Crippen molar-refractivity contribution in [1.29, 1.82) is 0 Å². The summed E-state index contributed by atoms with van der Waals surface area (Å²) in [4.78, 5) is 4.14. The standard InChI is InChI=1S/C9H11ClN2/c1-7-5-8(11)9(12-6-7)3-2-4-10/h2-3,5-6H,4,11H2,1H3. The molecule has 0 bridgehead atoms. The number of nitrogens with zero attached hydrogens (tertiary/aromatic N) is 1. The van der Waals surface area contributed by atoms with Gasteiger partial charge < -0.3 is 5.73 Å². The van der Waals surface area contributed by atoms with Crippen LogP contribution in [0.5, 0.6) is 0 Å². The van der Waals surface area contributed by atoms with Gasteiger partial charge in [0.1, 0.15) is 0 Å². The zero-order valence-corrected chi connectivity index (χ0v) is 7.67.